The fraction of sp³-hybridized carbons (Fsp3) is 0.273. The van der Waals surface area contributed by atoms with Gasteiger partial charge in [-0.25, -0.2) is 0 Å². The molecule has 0 saturated carbocycles. The number of non-ortho nitro benzene ring substituents is 1. The lowest BCUT2D eigenvalue weighted by molar-refractivity contribution is -0.384. The zero-order valence-electron chi connectivity index (χ0n) is 9.92. The van der Waals surface area contributed by atoms with E-state index in [2.05, 4.69) is 15.6 Å². The van der Waals surface area contributed by atoms with Crippen molar-refractivity contribution in [2.75, 3.05) is 18.4 Å². The first kappa shape index (κ1) is 12.8. The number of benzene rings is 1. The normalized spacial score (nSPS) is 14.2. The minimum absolute atomic E-state index is 0.0192. The Kier molecular flexibility index (Phi) is 3.60. The van der Waals surface area contributed by atoms with Crippen molar-refractivity contribution in [3.05, 3.63) is 28.3 Å². The molecule has 0 spiro atoms. The molecule has 0 bridgehead atoms. The van der Waals surface area contributed by atoms with Crippen molar-refractivity contribution in [1.29, 1.82) is 0 Å². The molecule has 0 unspecified atom stereocenters. The number of amides is 1. The summed E-state index contributed by atoms with van der Waals surface area (Å²) >= 11 is 0. The highest BCUT2D eigenvalue weighted by molar-refractivity contribution is 6.42. The van der Waals surface area contributed by atoms with E-state index in [0.717, 1.165) is 24.6 Å². The number of carbonyl (C=O) groups is 1. The molecule has 0 saturated heterocycles. The predicted octanol–water partition coefficient (Wildman–Crippen LogP) is 0.631. The molecule has 8 heteroatoms. The molecule has 1 amide bonds. The number of nitrogens with zero attached hydrogens (tertiary/aromatic N) is 2. The molecule has 100 valence electrons. The van der Waals surface area contributed by atoms with E-state index in [-0.39, 0.29) is 23.0 Å². The monoisotopic (exact) mass is 264 g/mol. The van der Waals surface area contributed by atoms with Crippen molar-refractivity contribution in [3.8, 4) is 5.75 Å². The van der Waals surface area contributed by atoms with E-state index in [4.69, 9.17) is 0 Å². The average molecular weight is 264 g/mol. The molecule has 0 fully saturated rings. The Hall–Kier alpha value is -2.64. The summed E-state index contributed by atoms with van der Waals surface area (Å²) in [7, 11) is 0. The summed E-state index contributed by atoms with van der Waals surface area (Å²) in [5, 5.41) is 25.4. The van der Waals surface area contributed by atoms with Crippen LogP contribution in [-0.2, 0) is 4.79 Å². The summed E-state index contributed by atoms with van der Waals surface area (Å²) in [6.45, 7) is 1.20. The number of nitrogens with one attached hydrogen (secondary N) is 2. The number of aliphatic imine (C=N–C) groups is 1. The topological polar surface area (TPSA) is 117 Å². The van der Waals surface area contributed by atoms with Gasteiger partial charge in [0.25, 0.3) is 11.6 Å². The van der Waals surface area contributed by atoms with Crippen molar-refractivity contribution in [1.82, 2.24) is 5.32 Å². The molecule has 1 aromatic rings. The molecular weight excluding hydrogens is 252 g/mol. The van der Waals surface area contributed by atoms with Gasteiger partial charge in [-0.3, -0.25) is 19.9 Å². The maximum atomic E-state index is 11.8. The number of anilines is 1. The largest absolute Gasteiger partial charge is 0.506 e. The van der Waals surface area contributed by atoms with E-state index in [1.807, 2.05) is 0 Å². The fourth-order valence-corrected chi connectivity index (χ4v) is 1.60. The second kappa shape index (κ2) is 5.34. The molecule has 0 atom stereocenters. The minimum atomic E-state index is -0.606. The lowest BCUT2D eigenvalue weighted by Crippen LogP contribution is -2.39. The van der Waals surface area contributed by atoms with E-state index in [9.17, 15) is 20.0 Å². The number of amidine groups is 1. The van der Waals surface area contributed by atoms with Crippen LogP contribution in [0, 0.1) is 10.1 Å². The van der Waals surface area contributed by atoms with Gasteiger partial charge >= 0.3 is 0 Å². The number of phenols is 1. The number of aromatic hydroxyl groups is 1. The van der Waals surface area contributed by atoms with Crippen LogP contribution in [0.4, 0.5) is 11.4 Å². The van der Waals surface area contributed by atoms with Crippen molar-refractivity contribution in [2.45, 2.75) is 6.42 Å². The highest BCUT2D eigenvalue weighted by atomic mass is 16.6. The third-order valence-corrected chi connectivity index (χ3v) is 2.55. The van der Waals surface area contributed by atoms with Gasteiger partial charge in [0.05, 0.1) is 10.6 Å². The molecule has 0 aromatic heterocycles. The van der Waals surface area contributed by atoms with Crippen LogP contribution < -0.4 is 10.6 Å². The number of carbonyl (C=O) groups excluding carboxylic acids is 1. The summed E-state index contributed by atoms with van der Waals surface area (Å²) in [6, 6.07) is 3.40. The number of hydrogen-bond acceptors (Lipinski definition) is 6. The highest BCUT2D eigenvalue weighted by Crippen LogP contribution is 2.27. The average Bonchev–Trinajstić information content (AvgIpc) is 2.42. The van der Waals surface area contributed by atoms with Gasteiger partial charge in [0, 0.05) is 25.2 Å². The molecule has 1 aliphatic heterocycles. The summed E-state index contributed by atoms with van der Waals surface area (Å²) in [5.41, 5.74) is -0.235. The molecular formula is C11H12N4O4. The number of rotatable bonds is 3. The first-order chi connectivity index (χ1) is 9.08. The van der Waals surface area contributed by atoms with Crippen LogP contribution in [0.1, 0.15) is 6.42 Å². The van der Waals surface area contributed by atoms with Gasteiger partial charge in [-0.15, -0.1) is 0 Å². The van der Waals surface area contributed by atoms with Gasteiger partial charge in [0.1, 0.15) is 5.75 Å². The van der Waals surface area contributed by atoms with Crippen LogP contribution in [0.5, 0.6) is 5.75 Å². The molecule has 0 radical (unpaired) electrons. The summed E-state index contributed by atoms with van der Waals surface area (Å²) in [4.78, 5) is 25.8. The van der Waals surface area contributed by atoms with E-state index >= 15 is 0 Å². The summed E-state index contributed by atoms with van der Waals surface area (Å²) in [6.07, 6.45) is 0.846. The Balaban J connectivity index is 2.18. The maximum Gasteiger partial charge on any atom is 0.290 e. The molecule has 3 N–H and O–H groups in total. The summed E-state index contributed by atoms with van der Waals surface area (Å²) in [5.74, 6) is -0.608. The second-order valence-electron chi connectivity index (χ2n) is 3.92. The quantitative estimate of drug-likeness (QED) is 0.420. The Labute approximate surface area is 108 Å². The Morgan fingerprint density at radius 2 is 2.32 bits per heavy atom. The third kappa shape index (κ3) is 2.97. The number of phenolic OH excluding ortho intramolecular Hbond substituents is 1. The molecule has 1 aliphatic rings. The van der Waals surface area contributed by atoms with E-state index in [1.165, 1.54) is 0 Å². The first-order valence-corrected chi connectivity index (χ1v) is 5.65. The maximum absolute atomic E-state index is 11.8. The Morgan fingerprint density at radius 3 is 2.95 bits per heavy atom. The van der Waals surface area contributed by atoms with Crippen LogP contribution in [0.2, 0.25) is 0 Å². The molecule has 0 aliphatic carbocycles. The molecule has 1 heterocycles. The van der Waals surface area contributed by atoms with E-state index in [1.54, 1.807) is 0 Å². The van der Waals surface area contributed by atoms with Gasteiger partial charge in [-0.05, 0) is 12.5 Å². The van der Waals surface area contributed by atoms with Crippen LogP contribution in [0.15, 0.2) is 23.2 Å². The van der Waals surface area contributed by atoms with Gasteiger partial charge < -0.3 is 15.7 Å². The number of nitro benzene ring substituents is 1. The van der Waals surface area contributed by atoms with Crippen LogP contribution >= 0.6 is 0 Å². The van der Waals surface area contributed by atoms with Crippen molar-refractivity contribution in [2.24, 2.45) is 4.99 Å². The third-order valence-electron chi connectivity index (χ3n) is 2.55. The van der Waals surface area contributed by atoms with Crippen molar-refractivity contribution in [3.63, 3.8) is 0 Å². The Morgan fingerprint density at radius 1 is 1.53 bits per heavy atom. The second-order valence-corrected chi connectivity index (χ2v) is 3.92. The SMILES string of the molecule is O=C(Nc1cc([N+](=O)[O-])ccc1O)C1=NCCCN1. The van der Waals surface area contributed by atoms with Crippen LogP contribution in [0.25, 0.3) is 0 Å². The highest BCUT2D eigenvalue weighted by Gasteiger charge is 2.17. The molecule has 2 rings (SSSR count). The Bertz CT molecular complexity index is 556. The van der Waals surface area contributed by atoms with Gasteiger partial charge in [-0.1, -0.05) is 0 Å². The van der Waals surface area contributed by atoms with E-state index in [0.29, 0.717) is 13.1 Å². The first-order valence-electron chi connectivity index (χ1n) is 5.65. The molecule has 19 heavy (non-hydrogen) atoms. The predicted molar refractivity (Wildman–Crippen MR) is 68.3 cm³/mol. The zero-order valence-corrected chi connectivity index (χ0v) is 9.92. The van der Waals surface area contributed by atoms with Crippen molar-refractivity contribution >= 4 is 23.1 Å². The molecule has 1 aromatic carbocycles. The van der Waals surface area contributed by atoms with Crippen LogP contribution in [0.3, 0.4) is 0 Å². The minimum Gasteiger partial charge on any atom is -0.506 e. The smallest absolute Gasteiger partial charge is 0.290 e. The van der Waals surface area contributed by atoms with Gasteiger partial charge in [-0.2, -0.15) is 0 Å². The van der Waals surface area contributed by atoms with Gasteiger partial charge in [0.15, 0.2) is 5.84 Å². The molecule has 8 nitrogen and oxygen atoms in total. The fourth-order valence-electron chi connectivity index (χ4n) is 1.60. The zero-order chi connectivity index (χ0) is 13.8. The van der Waals surface area contributed by atoms with E-state index < -0.39 is 10.8 Å². The number of nitro groups is 1. The number of hydrogen-bond donors (Lipinski definition) is 3. The standard InChI is InChI=1S/C11H12N4O4/c16-9-3-2-7(15(18)19)6-8(9)14-11(17)10-12-4-1-5-13-10/h2-3,6,16H,1,4-5H2,(H,12,13)(H,14,17). The lowest BCUT2D eigenvalue weighted by atomic mass is 10.2. The van der Waals surface area contributed by atoms with Crippen molar-refractivity contribution < 1.29 is 14.8 Å². The van der Waals surface area contributed by atoms with Crippen LogP contribution in [-0.4, -0.2) is 34.9 Å². The van der Waals surface area contributed by atoms with Gasteiger partial charge in [0.2, 0.25) is 0 Å². The lowest BCUT2D eigenvalue weighted by Gasteiger charge is -2.14. The summed E-state index contributed by atoms with van der Waals surface area (Å²) < 4.78 is 0.